The lowest BCUT2D eigenvalue weighted by atomic mass is 9.90. The lowest BCUT2D eigenvalue weighted by Crippen LogP contribution is -2.57. The number of halogens is 2. The van der Waals surface area contributed by atoms with Crippen molar-refractivity contribution >= 4 is 44.9 Å². The summed E-state index contributed by atoms with van der Waals surface area (Å²) in [6, 6.07) is 12.5. The largest absolute Gasteiger partial charge is 0.395 e. The number of morpholine rings is 1. The van der Waals surface area contributed by atoms with E-state index in [1.165, 1.54) is 4.90 Å². The van der Waals surface area contributed by atoms with Crippen LogP contribution in [0.3, 0.4) is 0 Å². The molecule has 0 aliphatic carbocycles. The predicted molar refractivity (Wildman–Crippen MR) is 148 cm³/mol. The van der Waals surface area contributed by atoms with Crippen molar-refractivity contribution in [3.63, 3.8) is 0 Å². The summed E-state index contributed by atoms with van der Waals surface area (Å²) in [5.74, 6) is -1.25. The molecule has 2 amide bonds. The van der Waals surface area contributed by atoms with Crippen LogP contribution in [0.15, 0.2) is 48.5 Å². The average molecular weight is 586 g/mol. The van der Waals surface area contributed by atoms with E-state index in [2.05, 4.69) is 5.32 Å². The zero-order valence-corrected chi connectivity index (χ0v) is 24.2. The smallest absolute Gasteiger partial charge is 0.253 e. The number of hydrogen-bond acceptors (Lipinski definition) is 6. The van der Waals surface area contributed by atoms with Crippen LogP contribution in [0.4, 0.5) is 0 Å². The molecule has 0 radical (unpaired) electrons. The minimum Gasteiger partial charge on any atom is -0.395 e. The second-order valence-electron chi connectivity index (χ2n) is 10.4. The molecular formula is C27H34Cl2N2O6S. The van der Waals surface area contributed by atoms with Gasteiger partial charge < -0.3 is 20.1 Å². The van der Waals surface area contributed by atoms with Crippen LogP contribution in [-0.2, 0) is 24.2 Å². The number of sulfone groups is 1. The fourth-order valence-corrected chi connectivity index (χ4v) is 6.03. The maximum absolute atomic E-state index is 13.9. The summed E-state index contributed by atoms with van der Waals surface area (Å²) in [5, 5.41) is 12.6. The lowest BCUT2D eigenvalue weighted by molar-refractivity contribution is -0.179. The molecule has 1 aliphatic rings. The fraction of sp³-hybridized carbons (Fsp3) is 0.481. The minimum atomic E-state index is -3.61. The first-order valence-electron chi connectivity index (χ1n) is 12.3. The van der Waals surface area contributed by atoms with Crippen LogP contribution in [0.2, 0.25) is 10.0 Å². The summed E-state index contributed by atoms with van der Waals surface area (Å²) >= 11 is 12.4. The van der Waals surface area contributed by atoms with Gasteiger partial charge in [-0.3, -0.25) is 9.59 Å². The van der Waals surface area contributed by atoms with E-state index in [0.717, 1.165) is 0 Å². The van der Waals surface area contributed by atoms with Gasteiger partial charge in [-0.1, -0.05) is 47.5 Å². The van der Waals surface area contributed by atoms with Gasteiger partial charge in [-0.2, -0.15) is 0 Å². The van der Waals surface area contributed by atoms with Crippen molar-refractivity contribution in [2.75, 3.05) is 18.9 Å². The van der Waals surface area contributed by atoms with Gasteiger partial charge in [0.05, 0.1) is 29.6 Å². The number of nitrogens with one attached hydrogen (secondary N) is 1. The molecule has 3 rings (SSSR count). The molecule has 38 heavy (non-hydrogen) atoms. The second-order valence-corrected chi connectivity index (χ2v) is 14.0. The Morgan fingerprint density at radius 1 is 1.11 bits per heavy atom. The molecule has 1 unspecified atom stereocenters. The Labute approximate surface area is 234 Å². The van der Waals surface area contributed by atoms with Crippen LogP contribution in [0.25, 0.3) is 0 Å². The summed E-state index contributed by atoms with van der Waals surface area (Å²) in [4.78, 5) is 28.0. The first kappa shape index (κ1) is 30.4. The molecule has 1 fully saturated rings. The number of rotatable bonds is 9. The summed E-state index contributed by atoms with van der Waals surface area (Å²) < 4.78 is 31.6. The zero-order valence-electron chi connectivity index (χ0n) is 21.9. The van der Waals surface area contributed by atoms with Crippen molar-refractivity contribution in [1.29, 1.82) is 0 Å². The summed E-state index contributed by atoms with van der Waals surface area (Å²) in [6.07, 6.45) is -2.23. The third-order valence-electron chi connectivity index (χ3n) is 6.49. The van der Waals surface area contributed by atoms with E-state index in [4.69, 9.17) is 33.0 Å². The predicted octanol–water partition coefficient (Wildman–Crippen LogP) is 4.10. The molecule has 8 nitrogen and oxygen atoms in total. The van der Waals surface area contributed by atoms with Crippen LogP contribution in [0.5, 0.6) is 0 Å². The normalized spacial score (nSPS) is 21.3. The number of nitrogens with zero attached hydrogens (tertiary/aromatic N) is 1. The van der Waals surface area contributed by atoms with Crippen LogP contribution >= 0.6 is 23.2 Å². The third kappa shape index (κ3) is 7.07. The monoisotopic (exact) mass is 584 g/mol. The van der Waals surface area contributed by atoms with Gasteiger partial charge in [0.15, 0.2) is 9.84 Å². The number of hydrogen-bond donors (Lipinski definition) is 2. The number of carbonyl (C=O) groups excluding carboxylic acids is 2. The molecule has 2 aromatic carbocycles. The maximum atomic E-state index is 13.9. The van der Waals surface area contributed by atoms with Crippen LogP contribution in [0.1, 0.15) is 57.4 Å². The Morgan fingerprint density at radius 3 is 2.34 bits per heavy atom. The first-order valence-corrected chi connectivity index (χ1v) is 14.7. The SMILES string of the molecule is CC(CS(=O)(=O)C(C)(C)C)N1C(=O)[C@H](CC(=O)NCCO)O[C@H](c2cccc(Cl)c2)[C@H]1c1ccc(Cl)cc1. The van der Waals surface area contributed by atoms with E-state index < -0.39 is 50.7 Å². The highest BCUT2D eigenvalue weighted by Crippen LogP contribution is 2.44. The molecule has 4 atom stereocenters. The summed E-state index contributed by atoms with van der Waals surface area (Å²) in [7, 11) is -3.61. The Bertz CT molecular complexity index is 1250. The average Bonchev–Trinajstić information content (AvgIpc) is 2.83. The molecule has 0 aromatic heterocycles. The van der Waals surface area contributed by atoms with E-state index in [1.54, 1.807) is 70.2 Å². The van der Waals surface area contributed by atoms with E-state index >= 15 is 0 Å². The first-order chi connectivity index (χ1) is 17.7. The number of carbonyl (C=O) groups is 2. The highest BCUT2D eigenvalue weighted by molar-refractivity contribution is 7.92. The molecule has 0 bridgehead atoms. The zero-order chi connectivity index (χ0) is 28.3. The highest BCUT2D eigenvalue weighted by atomic mass is 35.5. The van der Waals surface area contributed by atoms with E-state index in [0.29, 0.717) is 21.2 Å². The quantitative estimate of drug-likeness (QED) is 0.458. The molecule has 2 aromatic rings. The number of amides is 2. The maximum Gasteiger partial charge on any atom is 0.253 e. The van der Waals surface area contributed by atoms with Crippen LogP contribution < -0.4 is 5.32 Å². The van der Waals surface area contributed by atoms with Gasteiger partial charge in [0.1, 0.15) is 12.2 Å². The summed E-state index contributed by atoms with van der Waals surface area (Å²) in [5.41, 5.74) is 1.36. The Balaban J connectivity index is 2.14. The van der Waals surface area contributed by atoms with Gasteiger partial charge in [-0.05, 0) is 63.1 Å². The van der Waals surface area contributed by atoms with E-state index in [1.807, 2.05) is 6.07 Å². The topological polar surface area (TPSA) is 113 Å². The van der Waals surface area contributed by atoms with Gasteiger partial charge in [0, 0.05) is 22.6 Å². The molecule has 1 heterocycles. The standard InChI is InChI=1S/C27H34Cl2N2O6S/c1-17(16-38(35,36)27(2,3)4)31-24(18-8-10-20(28)11-9-18)25(19-6-5-7-21(29)14-19)37-22(26(31)34)15-23(33)30-12-13-32/h5-11,14,17,22,24-25,32H,12-13,15-16H2,1-4H3,(H,30,33)/t17?,22-,24+,25+/m0/s1. The number of benzene rings is 2. The molecule has 2 N–H and O–H groups in total. The van der Waals surface area contributed by atoms with Gasteiger partial charge in [-0.25, -0.2) is 8.42 Å². The van der Waals surface area contributed by atoms with Crippen molar-refractivity contribution in [1.82, 2.24) is 10.2 Å². The fourth-order valence-electron chi connectivity index (χ4n) is 4.41. The molecule has 1 aliphatic heterocycles. The number of aliphatic hydroxyl groups excluding tert-OH is 1. The van der Waals surface area contributed by atoms with Crippen molar-refractivity contribution < 1.29 is 27.9 Å². The van der Waals surface area contributed by atoms with E-state index in [-0.39, 0.29) is 25.3 Å². The lowest BCUT2D eigenvalue weighted by Gasteiger charge is -2.47. The van der Waals surface area contributed by atoms with Crippen LogP contribution in [0, 0.1) is 0 Å². The Hall–Kier alpha value is -2.17. The molecule has 11 heteroatoms. The molecule has 1 saturated heterocycles. The molecule has 208 valence electrons. The second kappa shape index (κ2) is 12.3. The number of ether oxygens (including phenoxy) is 1. The van der Waals surface area contributed by atoms with Crippen molar-refractivity contribution in [2.45, 2.75) is 63.2 Å². The van der Waals surface area contributed by atoms with Gasteiger partial charge in [-0.15, -0.1) is 0 Å². The van der Waals surface area contributed by atoms with Gasteiger partial charge in [0.25, 0.3) is 5.91 Å². The Kier molecular flexibility index (Phi) is 9.87. The molecule has 0 spiro atoms. The Morgan fingerprint density at radius 2 is 1.76 bits per heavy atom. The van der Waals surface area contributed by atoms with Crippen molar-refractivity contribution in [3.8, 4) is 0 Å². The van der Waals surface area contributed by atoms with Crippen molar-refractivity contribution in [2.24, 2.45) is 0 Å². The highest BCUT2D eigenvalue weighted by Gasteiger charge is 2.47. The van der Waals surface area contributed by atoms with Crippen molar-refractivity contribution in [3.05, 3.63) is 69.7 Å². The third-order valence-corrected chi connectivity index (χ3v) is 9.76. The molecular weight excluding hydrogens is 551 g/mol. The minimum absolute atomic E-state index is 0.0365. The van der Waals surface area contributed by atoms with Gasteiger partial charge >= 0.3 is 0 Å². The molecule has 0 saturated carbocycles. The number of aliphatic hydroxyl groups is 1. The van der Waals surface area contributed by atoms with Crippen LogP contribution in [-0.4, -0.2) is 66.0 Å². The summed E-state index contributed by atoms with van der Waals surface area (Å²) in [6.45, 7) is 6.34. The van der Waals surface area contributed by atoms with E-state index in [9.17, 15) is 18.0 Å². The van der Waals surface area contributed by atoms with Gasteiger partial charge in [0.2, 0.25) is 5.91 Å².